The van der Waals surface area contributed by atoms with Crippen LogP contribution in [0.25, 0.3) is 33.5 Å². The molecule has 1 fully saturated rings. The van der Waals surface area contributed by atoms with Crippen LogP contribution in [-0.4, -0.2) is 44.6 Å². The summed E-state index contributed by atoms with van der Waals surface area (Å²) in [6, 6.07) is 20.2. The molecule has 0 bridgehead atoms. The maximum atomic E-state index is 12.6. The average Bonchev–Trinajstić information content (AvgIpc) is 3.44. The lowest BCUT2D eigenvalue weighted by Crippen LogP contribution is -2.32. The highest BCUT2D eigenvalue weighted by atomic mass is 19.4. The van der Waals surface area contributed by atoms with Crippen molar-refractivity contribution in [1.29, 1.82) is 0 Å². The fraction of sp³-hybridized carbons (Fsp3) is 0.269. The van der Waals surface area contributed by atoms with E-state index in [2.05, 4.69) is 33.8 Å². The van der Waals surface area contributed by atoms with E-state index in [1.54, 1.807) is 12.4 Å². The lowest BCUT2D eigenvalue weighted by Gasteiger charge is -2.18. The average molecular weight is 464 g/mol. The van der Waals surface area contributed by atoms with Crippen molar-refractivity contribution in [3.8, 4) is 22.5 Å². The Hall–Kier alpha value is -3.68. The number of hydrogen-bond donors (Lipinski definition) is 0. The Bertz CT molecular complexity index is 1300. The predicted octanol–water partition coefficient (Wildman–Crippen LogP) is 5.57. The Morgan fingerprint density at radius 2 is 1.68 bits per heavy atom. The number of carbonyl (C=O) groups excluding carboxylic acids is 1. The molecule has 1 amide bonds. The first-order chi connectivity index (χ1) is 16.4. The monoisotopic (exact) mass is 464 g/mol. The van der Waals surface area contributed by atoms with Crippen molar-refractivity contribution in [1.82, 2.24) is 19.4 Å². The topological polar surface area (TPSA) is 51.0 Å². The molecule has 0 saturated carbocycles. The lowest BCUT2D eigenvalue weighted by atomic mass is 10.0. The molecule has 0 aliphatic carbocycles. The van der Waals surface area contributed by atoms with E-state index in [1.165, 1.54) is 4.90 Å². The second-order valence-corrected chi connectivity index (χ2v) is 8.64. The van der Waals surface area contributed by atoms with Gasteiger partial charge in [-0.1, -0.05) is 54.6 Å². The van der Waals surface area contributed by atoms with Gasteiger partial charge in [-0.2, -0.15) is 13.2 Å². The Kier molecular flexibility index (Phi) is 5.81. The highest BCUT2D eigenvalue weighted by Gasteiger charge is 2.36. The van der Waals surface area contributed by atoms with Crippen LogP contribution in [0, 0.1) is 5.92 Å². The molecule has 2 aromatic heterocycles. The van der Waals surface area contributed by atoms with Crippen molar-refractivity contribution in [3.63, 3.8) is 0 Å². The number of fused-ring (bicyclic) bond motifs is 1. The summed E-state index contributed by atoms with van der Waals surface area (Å²) in [5, 5.41) is 0. The third-order valence-corrected chi connectivity index (χ3v) is 6.23. The Morgan fingerprint density at radius 1 is 0.971 bits per heavy atom. The zero-order chi connectivity index (χ0) is 23.7. The Morgan fingerprint density at radius 3 is 2.41 bits per heavy atom. The van der Waals surface area contributed by atoms with Crippen molar-refractivity contribution < 1.29 is 18.0 Å². The van der Waals surface area contributed by atoms with Crippen LogP contribution >= 0.6 is 0 Å². The first kappa shape index (κ1) is 22.1. The predicted molar refractivity (Wildman–Crippen MR) is 124 cm³/mol. The van der Waals surface area contributed by atoms with Gasteiger partial charge in [-0.15, -0.1) is 0 Å². The van der Waals surface area contributed by atoms with E-state index in [0.29, 0.717) is 26.1 Å². The SMILES string of the molecule is O=C(CC(F)(F)F)N1CCC(Cn2c(-c3ccc(-c4ccccc4)cc3)nc3cnccc32)C1. The van der Waals surface area contributed by atoms with Crippen LogP contribution in [0.3, 0.4) is 0 Å². The van der Waals surface area contributed by atoms with Gasteiger partial charge in [-0.05, 0) is 29.5 Å². The summed E-state index contributed by atoms with van der Waals surface area (Å²) in [5.74, 6) is -0.0285. The quantitative estimate of drug-likeness (QED) is 0.388. The molecule has 1 aliphatic rings. The summed E-state index contributed by atoms with van der Waals surface area (Å²) < 4.78 is 40.0. The minimum atomic E-state index is -4.48. The molecule has 1 unspecified atom stereocenters. The number of likely N-dealkylation sites (tertiary alicyclic amines) is 1. The molecule has 5 nitrogen and oxygen atoms in total. The maximum Gasteiger partial charge on any atom is 0.397 e. The molecule has 0 spiro atoms. The number of aromatic nitrogens is 3. The fourth-order valence-electron chi connectivity index (χ4n) is 4.58. The first-order valence-corrected chi connectivity index (χ1v) is 11.2. The van der Waals surface area contributed by atoms with Gasteiger partial charge < -0.3 is 9.47 Å². The molecule has 0 N–H and O–H groups in total. The molecule has 1 aliphatic heterocycles. The highest BCUT2D eigenvalue weighted by molar-refractivity contribution is 5.80. The van der Waals surface area contributed by atoms with Gasteiger partial charge in [0.2, 0.25) is 5.91 Å². The minimum absolute atomic E-state index is 0.0464. The number of amides is 1. The van der Waals surface area contributed by atoms with E-state index in [9.17, 15) is 18.0 Å². The van der Waals surface area contributed by atoms with Crippen LogP contribution in [0.4, 0.5) is 13.2 Å². The Balaban J connectivity index is 1.41. The summed E-state index contributed by atoms with van der Waals surface area (Å²) in [6.07, 6.45) is -1.82. The largest absolute Gasteiger partial charge is 0.397 e. The standard InChI is InChI=1S/C26H23F3N4O/c27-26(28,29)14-24(34)32-13-11-18(16-32)17-33-23-10-12-30-15-22(23)31-25(33)21-8-6-20(7-9-21)19-4-2-1-3-5-19/h1-10,12,15,18H,11,13-14,16-17H2. The van der Waals surface area contributed by atoms with E-state index >= 15 is 0 Å². The van der Waals surface area contributed by atoms with E-state index < -0.39 is 18.5 Å². The van der Waals surface area contributed by atoms with Crippen LogP contribution < -0.4 is 0 Å². The third kappa shape index (κ3) is 4.66. The number of rotatable bonds is 5. The second-order valence-electron chi connectivity index (χ2n) is 8.64. The van der Waals surface area contributed by atoms with Crippen LogP contribution in [-0.2, 0) is 11.3 Å². The molecule has 4 aromatic rings. The summed E-state index contributed by atoms with van der Waals surface area (Å²) in [5.41, 5.74) is 4.84. The first-order valence-electron chi connectivity index (χ1n) is 11.2. The number of imidazole rings is 1. The minimum Gasteiger partial charge on any atom is -0.342 e. The van der Waals surface area contributed by atoms with Gasteiger partial charge in [0.15, 0.2) is 0 Å². The summed E-state index contributed by atoms with van der Waals surface area (Å²) >= 11 is 0. The normalized spacial score (nSPS) is 16.3. The summed E-state index contributed by atoms with van der Waals surface area (Å²) in [7, 11) is 0. The third-order valence-electron chi connectivity index (χ3n) is 6.23. The number of alkyl halides is 3. The number of nitrogens with zero attached hydrogens (tertiary/aromatic N) is 4. The number of pyridine rings is 1. The molecule has 0 radical (unpaired) electrons. The van der Waals surface area contributed by atoms with Crippen molar-refractivity contribution in [3.05, 3.63) is 73.1 Å². The molecule has 174 valence electrons. The van der Waals surface area contributed by atoms with Gasteiger partial charge in [0, 0.05) is 31.4 Å². The molecule has 2 aromatic carbocycles. The van der Waals surface area contributed by atoms with Crippen molar-refractivity contribution in [2.24, 2.45) is 5.92 Å². The van der Waals surface area contributed by atoms with Crippen LogP contribution in [0.1, 0.15) is 12.8 Å². The summed E-state index contributed by atoms with van der Waals surface area (Å²) in [4.78, 5) is 22.3. The molecule has 3 heterocycles. The van der Waals surface area contributed by atoms with Crippen molar-refractivity contribution >= 4 is 16.9 Å². The summed E-state index contributed by atoms with van der Waals surface area (Å²) in [6.45, 7) is 1.22. The molecule has 1 saturated heterocycles. The number of halogens is 3. The molecule has 8 heteroatoms. The number of hydrogen-bond acceptors (Lipinski definition) is 3. The van der Waals surface area contributed by atoms with E-state index in [-0.39, 0.29) is 5.92 Å². The molecule has 5 rings (SSSR count). The Labute approximate surface area is 194 Å². The molecule has 34 heavy (non-hydrogen) atoms. The van der Waals surface area contributed by atoms with Gasteiger partial charge in [-0.3, -0.25) is 9.78 Å². The van der Waals surface area contributed by atoms with Gasteiger partial charge in [0.25, 0.3) is 0 Å². The van der Waals surface area contributed by atoms with Crippen molar-refractivity contribution in [2.45, 2.75) is 25.6 Å². The van der Waals surface area contributed by atoms with E-state index in [0.717, 1.165) is 33.5 Å². The smallest absolute Gasteiger partial charge is 0.342 e. The number of benzene rings is 2. The van der Waals surface area contributed by atoms with E-state index in [1.807, 2.05) is 36.4 Å². The highest BCUT2D eigenvalue weighted by Crippen LogP contribution is 2.30. The fourth-order valence-corrected chi connectivity index (χ4v) is 4.58. The van der Waals surface area contributed by atoms with Crippen LogP contribution in [0.5, 0.6) is 0 Å². The van der Waals surface area contributed by atoms with Gasteiger partial charge in [0.05, 0.1) is 11.7 Å². The molecule has 1 atom stereocenters. The van der Waals surface area contributed by atoms with E-state index in [4.69, 9.17) is 4.98 Å². The van der Waals surface area contributed by atoms with Crippen LogP contribution in [0.2, 0.25) is 0 Å². The van der Waals surface area contributed by atoms with Crippen LogP contribution in [0.15, 0.2) is 73.1 Å². The zero-order valence-electron chi connectivity index (χ0n) is 18.4. The lowest BCUT2D eigenvalue weighted by molar-refractivity contribution is -0.160. The van der Waals surface area contributed by atoms with Gasteiger partial charge in [-0.25, -0.2) is 4.98 Å². The molecular formula is C26H23F3N4O. The van der Waals surface area contributed by atoms with Crippen molar-refractivity contribution in [2.75, 3.05) is 13.1 Å². The van der Waals surface area contributed by atoms with Gasteiger partial charge in [0.1, 0.15) is 17.8 Å². The number of carbonyl (C=O) groups is 1. The second kappa shape index (κ2) is 8.93. The maximum absolute atomic E-state index is 12.6. The van der Waals surface area contributed by atoms with Gasteiger partial charge >= 0.3 is 6.18 Å². The zero-order valence-corrected chi connectivity index (χ0v) is 18.4. The molecular weight excluding hydrogens is 441 g/mol.